The Bertz CT molecular complexity index is 1140. The van der Waals surface area contributed by atoms with E-state index in [1.54, 1.807) is 0 Å². The summed E-state index contributed by atoms with van der Waals surface area (Å²) in [5.41, 5.74) is 5.26. The molecule has 0 saturated heterocycles. The number of aliphatic hydroxyl groups is 2. The highest BCUT2D eigenvalue weighted by Crippen LogP contribution is 2.61. The first-order valence-electron chi connectivity index (χ1n) is 26.3. The van der Waals surface area contributed by atoms with Gasteiger partial charge in [-0.1, -0.05) is 104 Å². The zero-order valence-corrected chi connectivity index (χ0v) is 43.1. The molecular weight excluding hydrogens is 767 g/mol. The van der Waals surface area contributed by atoms with Gasteiger partial charge in [-0.2, -0.15) is 0 Å². The van der Waals surface area contributed by atoms with E-state index in [2.05, 4.69) is 93.2 Å². The highest BCUT2D eigenvalue weighted by atomic mass is 16.5. The first kappa shape index (κ1) is 58.4. The van der Waals surface area contributed by atoms with E-state index in [0.717, 1.165) is 115 Å². The molecule has 62 heavy (non-hydrogen) atoms. The number of allylic oxidation sites excluding steroid dienone is 5. The van der Waals surface area contributed by atoms with Crippen molar-refractivity contribution in [3.8, 4) is 0 Å². The Morgan fingerprint density at radius 3 is 1.84 bits per heavy atom. The van der Waals surface area contributed by atoms with Crippen LogP contribution in [0.15, 0.2) is 35.1 Å². The Labute approximate surface area is 385 Å². The van der Waals surface area contributed by atoms with Crippen LogP contribution in [0.25, 0.3) is 0 Å². The van der Waals surface area contributed by atoms with Crippen LogP contribution in [0.3, 0.4) is 0 Å². The highest BCUT2D eigenvalue weighted by Gasteiger charge is 2.50. The normalized spacial score (nSPS) is 19.6. The molecule has 0 radical (unpaired) electrons. The van der Waals surface area contributed by atoms with Crippen LogP contribution in [0.1, 0.15) is 237 Å². The quantitative estimate of drug-likeness (QED) is 0.0313. The molecule has 0 aliphatic heterocycles. The summed E-state index contributed by atoms with van der Waals surface area (Å²) in [5.74, 6) is 3.25. The smallest absolute Gasteiger partial charge is 0.305 e. The number of rotatable bonds is 31. The molecule has 0 amide bonds. The molecule has 4 aliphatic carbocycles. The van der Waals surface area contributed by atoms with Crippen molar-refractivity contribution >= 4 is 5.97 Å². The predicted molar refractivity (Wildman–Crippen MR) is 268 cm³/mol. The van der Waals surface area contributed by atoms with Crippen molar-refractivity contribution in [3.05, 3.63) is 35.1 Å². The molecule has 0 aromatic heterocycles. The van der Waals surface area contributed by atoms with Gasteiger partial charge in [-0.05, 0) is 196 Å². The van der Waals surface area contributed by atoms with Crippen LogP contribution < -0.4 is 0 Å². The average Bonchev–Trinajstić information content (AvgIpc) is 3.21. The predicted octanol–water partition coefficient (Wildman–Crippen LogP) is 15.9. The first-order chi connectivity index (χ1) is 29.6. The molecule has 0 heterocycles. The number of hydrogen-bond donors (Lipinski definition) is 2. The molecule has 3 unspecified atom stereocenters. The van der Waals surface area contributed by atoms with Crippen LogP contribution in [0, 0.1) is 34.5 Å². The van der Waals surface area contributed by atoms with E-state index < -0.39 is 0 Å². The summed E-state index contributed by atoms with van der Waals surface area (Å²) in [7, 11) is 0. The molecule has 0 spiro atoms. The van der Waals surface area contributed by atoms with E-state index in [1.165, 1.54) is 106 Å². The molecule has 2 bridgehead atoms. The lowest BCUT2D eigenvalue weighted by Gasteiger charge is -2.57. The van der Waals surface area contributed by atoms with Crippen LogP contribution in [0.2, 0.25) is 0 Å². The Morgan fingerprint density at radius 2 is 1.34 bits per heavy atom. The number of fused-ring (bicyclic) bond motifs is 3. The topological polar surface area (TPSA) is 79.2 Å². The van der Waals surface area contributed by atoms with E-state index in [9.17, 15) is 9.90 Å². The second-order valence-corrected chi connectivity index (χ2v) is 21.5. The fourth-order valence-corrected chi connectivity index (χ4v) is 9.69. The fourth-order valence-electron chi connectivity index (χ4n) is 9.69. The maximum atomic E-state index is 12.3. The van der Waals surface area contributed by atoms with Gasteiger partial charge in [0.25, 0.3) is 0 Å². The number of nitrogens with zero attached hydrogens (tertiary/aromatic N) is 1. The van der Waals surface area contributed by atoms with Gasteiger partial charge < -0.3 is 24.6 Å². The SMILES string of the molecule is CC(C)C(C)(C)C12CCC(CC1)CC2.CCCN(CCO)CCCCCCCC(=O)OCCC(CCCC(C)CCC=C(C)C)OCCC(C)CCC=C(C)C.OC=C1CCC1. The summed E-state index contributed by atoms with van der Waals surface area (Å²) in [4.78, 5) is 14.7. The van der Waals surface area contributed by atoms with Crippen LogP contribution >= 0.6 is 0 Å². The van der Waals surface area contributed by atoms with E-state index in [1.807, 2.05) is 0 Å². The Kier molecular flexibility index (Phi) is 32.7. The van der Waals surface area contributed by atoms with Crippen LogP contribution in [0.5, 0.6) is 0 Å². The van der Waals surface area contributed by atoms with Crippen LogP contribution in [-0.2, 0) is 14.3 Å². The minimum Gasteiger partial charge on any atom is -0.516 e. The van der Waals surface area contributed by atoms with Crippen LogP contribution in [0.4, 0.5) is 0 Å². The third-order valence-corrected chi connectivity index (χ3v) is 15.2. The third kappa shape index (κ3) is 26.4. The van der Waals surface area contributed by atoms with Crippen LogP contribution in [-0.4, -0.2) is 66.6 Å². The van der Waals surface area contributed by atoms with Crippen molar-refractivity contribution in [2.45, 2.75) is 243 Å². The third-order valence-electron chi connectivity index (χ3n) is 15.2. The molecule has 4 saturated carbocycles. The van der Waals surface area contributed by atoms with Gasteiger partial charge in [0.05, 0.1) is 25.6 Å². The Morgan fingerprint density at radius 1 is 0.758 bits per heavy atom. The van der Waals surface area contributed by atoms with Gasteiger partial charge in [0.15, 0.2) is 0 Å². The van der Waals surface area contributed by atoms with Crippen molar-refractivity contribution in [3.63, 3.8) is 0 Å². The molecule has 6 heteroatoms. The summed E-state index contributed by atoms with van der Waals surface area (Å²) in [6.45, 7) is 29.8. The molecule has 4 fully saturated rings. The molecule has 3 atom stereocenters. The summed E-state index contributed by atoms with van der Waals surface area (Å²) < 4.78 is 12.0. The average molecular weight is 872 g/mol. The first-order valence-corrected chi connectivity index (χ1v) is 26.3. The van der Waals surface area contributed by atoms with Gasteiger partial charge in [0, 0.05) is 26.0 Å². The van der Waals surface area contributed by atoms with Gasteiger partial charge in [-0.25, -0.2) is 0 Å². The molecule has 0 aromatic rings. The number of ether oxygens (including phenoxy) is 2. The molecule has 2 N–H and O–H groups in total. The molecule has 364 valence electrons. The zero-order chi connectivity index (χ0) is 46.2. The van der Waals surface area contributed by atoms with Crippen molar-refractivity contribution in [2.24, 2.45) is 34.5 Å². The zero-order valence-electron chi connectivity index (χ0n) is 43.1. The van der Waals surface area contributed by atoms with Gasteiger partial charge >= 0.3 is 5.97 Å². The number of unbranched alkanes of at least 4 members (excludes halogenated alkanes) is 4. The minimum atomic E-state index is -0.0633. The van der Waals surface area contributed by atoms with Crippen molar-refractivity contribution in [1.29, 1.82) is 0 Å². The Hall–Kier alpha value is -1.63. The van der Waals surface area contributed by atoms with E-state index in [-0.39, 0.29) is 18.7 Å². The molecule has 4 rings (SSSR count). The van der Waals surface area contributed by atoms with Gasteiger partial charge in [-0.3, -0.25) is 4.79 Å². The number of hydrogen-bond acceptors (Lipinski definition) is 6. The standard InChI is InChI=1S/C37H71NO4.C14H26.C5H8O/c1-8-26-38(28-29-39)27-13-11-9-10-12-23-37(40)42-31-25-36(22-16-21-34(6)19-14-17-32(2)3)41-30-24-35(7)20-15-18-33(4)5;1-11(2)13(3,4)14-8-5-12(6-9-14)7-10-14;6-4-5-2-1-3-5/h17-18,34-36,39H,8-16,19-31H2,1-7H3;11-12H,5-10H2,1-4H3;4,6H,1-3H2. The highest BCUT2D eigenvalue weighted by molar-refractivity contribution is 5.69. The van der Waals surface area contributed by atoms with Crippen molar-refractivity contribution in [2.75, 3.05) is 39.5 Å². The van der Waals surface area contributed by atoms with E-state index in [0.29, 0.717) is 29.8 Å². The maximum absolute atomic E-state index is 12.3. The van der Waals surface area contributed by atoms with E-state index in [4.69, 9.17) is 14.6 Å². The molecular formula is C56H105NO5. The van der Waals surface area contributed by atoms with Gasteiger partial charge in [0.2, 0.25) is 0 Å². The fraction of sp³-hybridized carbons (Fsp3) is 0.875. The molecule has 4 aliphatic rings. The van der Waals surface area contributed by atoms with Gasteiger partial charge in [-0.15, -0.1) is 0 Å². The summed E-state index contributed by atoms with van der Waals surface area (Å²) >= 11 is 0. The maximum Gasteiger partial charge on any atom is 0.305 e. The largest absolute Gasteiger partial charge is 0.516 e. The summed E-state index contributed by atoms with van der Waals surface area (Å²) in [6.07, 6.45) is 35.9. The van der Waals surface area contributed by atoms with E-state index >= 15 is 0 Å². The molecule has 0 aromatic carbocycles. The minimum absolute atomic E-state index is 0.0633. The lowest BCUT2D eigenvalue weighted by Crippen LogP contribution is -2.47. The summed E-state index contributed by atoms with van der Waals surface area (Å²) in [5, 5.41) is 17.4. The number of esters is 1. The van der Waals surface area contributed by atoms with Gasteiger partial charge in [0.1, 0.15) is 0 Å². The lowest BCUT2D eigenvalue weighted by molar-refractivity contribution is -0.144. The second-order valence-electron chi connectivity index (χ2n) is 21.5. The van der Waals surface area contributed by atoms with Crippen molar-refractivity contribution < 1.29 is 24.5 Å². The Balaban J connectivity index is 0.000000766. The molecule has 6 nitrogen and oxygen atoms in total. The monoisotopic (exact) mass is 872 g/mol. The second kappa shape index (κ2) is 34.7. The number of carbonyl (C=O) groups is 1. The van der Waals surface area contributed by atoms with Crippen molar-refractivity contribution in [1.82, 2.24) is 4.90 Å². The number of aliphatic hydroxyl groups excluding tert-OH is 2. The lowest BCUT2D eigenvalue weighted by atomic mass is 9.48. The number of carbonyl (C=O) groups excluding carboxylic acids is 1. The summed E-state index contributed by atoms with van der Waals surface area (Å²) in [6, 6.07) is 0.